The van der Waals surface area contributed by atoms with Gasteiger partial charge >= 0.3 is 5.97 Å². The van der Waals surface area contributed by atoms with E-state index in [1.165, 1.54) is 20.3 Å². The van der Waals surface area contributed by atoms with Gasteiger partial charge in [0.15, 0.2) is 5.78 Å². The van der Waals surface area contributed by atoms with Crippen molar-refractivity contribution in [3.8, 4) is 17.2 Å². The van der Waals surface area contributed by atoms with E-state index in [2.05, 4.69) is 15.9 Å². The lowest BCUT2D eigenvalue weighted by atomic mass is 9.79. The summed E-state index contributed by atoms with van der Waals surface area (Å²) < 4.78 is 17.4. The topological polar surface area (TPSA) is 108 Å². The van der Waals surface area contributed by atoms with Gasteiger partial charge in [0.25, 0.3) is 0 Å². The first-order valence-electron chi connectivity index (χ1n) is 10.7. The molecule has 3 rings (SSSR count). The molecule has 1 saturated carbocycles. The van der Waals surface area contributed by atoms with E-state index in [1.54, 1.807) is 12.1 Å². The molecule has 0 heterocycles. The minimum absolute atomic E-state index is 0.0361. The lowest BCUT2D eigenvalue weighted by Gasteiger charge is -2.33. The third kappa shape index (κ3) is 5.75. The van der Waals surface area contributed by atoms with E-state index in [-0.39, 0.29) is 29.5 Å². The fourth-order valence-electron chi connectivity index (χ4n) is 4.21. The predicted octanol–water partition coefficient (Wildman–Crippen LogP) is 4.60. The highest BCUT2D eigenvalue weighted by Gasteiger charge is 2.36. The van der Waals surface area contributed by atoms with E-state index < -0.39 is 17.9 Å². The van der Waals surface area contributed by atoms with Gasteiger partial charge in [-0.15, -0.1) is 0 Å². The zero-order valence-corrected chi connectivity index (χ0v) is 20.3. The van der Waals surface area contributed by atoms with Gasteiger partial charge in [0.2, 0.25) is 0 Å². The number of carbonyl (C=O) groups is 2. The molecule has 1 fully saturated rings. The van der Waals surface area contributed by atoms with Crippen molar-refractivity contribution in [1.82, 2.24) is 0 Å². The highest BCUT2D eigenvalue weighted by molar-refractivity contribution is 9.10. The third-order valence-corrected chi connectivity index (χ3v) is 6.24. The van der Waals surface area contributed by atoms with Crippen LogP contribution < -0.4 is 15.2 Å². The number of carbonyl (C=O) groups excluding carboxylic acids is 2. The van der Waals surface area contributed by atoms with E-state index in [4.69, 9.17) is 19.9 Å². The summed E-state index contributed by atoms with van der Waals surface area (Å²) in [4.78, 5) is 25.1. The molecule has 33 heavy (non-hydrogen) atoms. The molecule has 7 nitrogen and oxygen atoms in total. The fraction of sp³-hybridized carbons (Fsp3) is 0.360. The van der Waals surface area contributed by atoms with Crippen LogP contribution in [0.2, 0.25) is 0 Å². The van der Waals surface area contributed by atoms with Crippen LogP contribution >= 0.6 is 15.9 Å². The van der Waals surface area contributed by atoms with Crippen LogP contribution in [0.25, 0.3) is 6.08 Å². The van der Waals surface area contributed by atoms with Crippen molar-refractivity contribution >= 4 is 33.8 Å². The Labute approximate surface area is 201 Å². The highest BCUT2D eigenvalue weighted by atomic mass is 79.9. The number of aromatic hydroxyl groups is 1. The number of benzene rings is 2. The van der Waals surface area contributed by atoms with Gasteiger partial charge in [-0.25, -0.2) is 0 Å². The Bertz CT molecular complexity index is 1050. The van der Waals surface area contributed by atoms with Crippen LogP contribution in [-0.2, 0) is 9.53 Å². The molecule has 0 unspecified atom stereocenters. The summed E-state index contributed by atoms with van der Waals surface area (Å²) in [6.07, 6.45) is 5.67. The number of allylic oxidation sites excluding steroid dienone is 1. The molecule has 0 amide bonds. The normalized spacial score (nSPS) is 18.2. The first-order valence-corrected chi connectivity index (χ1v) is 11.5. The number of halogens is 1. The first-order chi connectivity index (χ1) is 15.9. The molecule has 0 bridgehead atoms. The number of phenols is 1. The zero-order valence-electron chi connectivity index (χ0n) is 18.7. The summed E-state index contributed by atoms with van der Waals surface area (Å²) >= 11 is 3.41. The smallest absolute Gasteiger partial charge is 0.319 e. The Balaban J connectivity index is 2.05. The summed E-state index contributed by atoms with van der Waals surface area (Å²) in [5, 5.41) is 11.3. The maximum atomic E-state index is 13.2. The van der Waals surface area contributed by atoms with Crippen LogP contribution in [0, 0.1) is 0 Å². The van der Waals surface area contributed by atoms with Crippen molar-refractivity contribution in [3.63, 3.8) is 0 Å². The van der Waals surface area contributed by atoms with Crippen LogP contribution in [0.15, 0.2) is 40.9 Å². The molecule has 2 aromatic carbocycles. The number of esters is 1. The quantitative estimate of drug-likeness (QED) is 0.299. The Morgan fingerprint density at radius 3 is 2.55 bits per heavy atom. The standard InChI is InChI=1S/C25H28BrNO6/c1-31-20-13-21(32-2)24(18(28)11-10-15-6-5-7-16(26)12-15)25(30)23(20)17-8-3-4-9-19(17)33-22(29)14-27/h5-7,10-13,17,19,30H,3-4,8-9,14,27H2,1-2H3/t17-,19-/m1/s1. The summed E-state index contributed by atoms with van der Waals surface area (Å²) in [6.45, 7) is -0.223. The SMILES string of the molecule is COc1cc(OC)c([C@@H]2CCCC[C@H]2OC(=O)CN)c(O)c1C(=O)C=Cc1cccc(Br)c1. The number of rotatable bonds is 8. The second-order valence-corrected chi connectivity index (χ2v) is 8.71. The number of hydrogen-bond donors (Lipinski definition) is 2. The van der Waals surface area contributed by atoms with Gasteiger partial charge in [0, 0.05) is 22.0 Å². The highest BCUT2D eigenvalue weighted by Crippen LogP contribution is 2.48. The predicted molar refractivity (Wildman–Crippen MR) is 129 cm³/mol. The molecule has 0 saturated heterocycles. The third-order valence-electron chi connectivity index (χ3n) is 5.75. The largest absolute Gasteiger partial charge is 0.507 e. The summed E-state index contributed by atoms with van der Waals surface area (Å²) in [7, 11) is 2.91. The molecule has 3 N–H and O–H groups in total. The Morgan fingerprint density at radius 2 is 1.88 bits per heavy atom. The second-order valence-electron chi connectivity index (χ2n) is 7.79. The average molecular weight is 518 g/mol. The molecule has 1 aliphatic rings. The Kier molecular flexibility index (Phi) is 8.52. The lowest BCUT2D eigenvalue weighted by Crippen LogP contribution is -2.31. The number of nitrogens with two attached hydrogens (primary N) is 1. The van der Waals surface area contributed by atoms with E-state index >= 15 is 0 Å². The minimum Gasteiger partial charge on any atom is -0.507 e. The van der Waals surface area contributed by atoms with Crippen molar-refractivity contribution in [3.05, 3.63) is 57.6 Å². The second kappa shape index (κ2) is 11.3. The maximum Gasteiger partial charge on any atom is 0.319 e. The number of methoxy groups -OCH3 is 2. The Morgan fingerprint density at radius 1 is 1.15 bits per heavy atom. The summed E-state index contributed by atoms with van der Waals surface area (Å²) in [5.41, 5.74) is 6.73. The van der Waals surface area contributed by atoms with Crippen LogP contribution in [0.5, 0.6) is 17.2 Å². The zero-order chi connectivity index (χ0) is 24.0. The van der Waals surface area contributed by atoms with Gasteiger partial charge in [0.05, 0.1) is 20.8 Å². The van der Waals surface area contributed by atoms with Crippen molar-refractivity contribution in [2.75, 3.05) is 20.8 Å². The van der Waals surface area contributed by atoms with Gasteiger partial charge < -0.3 is 25.1 Å². The van der Waals surface area contributed by atoms with Crippen molar-refractivity contribution in [1.29, 1.82) is 0 Å². The van der Waals surface area contributed by atoms with Gasteiger partial charge in [-0.2, -0.15) is 0 Å². The number of ketones is 1. The fourth-order valence-corrected chi connectivity index (χ4v) is 4.63. The van der Waals surface area contributed by atoms with Crippen molar-refractivity contribution < 1.29 is 28.9 Å². The number of hydrogen-bond acceptors (Lipinski definition) is 7. The van der Waals surface area contributed by atoms with E-state index in [0.717, 1.165) is 22.9 Å². The molecular formula is C25H28BrNO6. The van der Waals surface area contributed by atoms with E-state index in [0.29, 0.717) is 24.2 Å². The molecule has 2 aromatic rings. The molecule has 0 spiro atoms. The molecule has 1 aliphatic carbocycles. The Hall–Kier alpha value is -2.84. The van der Waals surface area contributed by atoms with Crippen molar-refractivity contribution in [2.24, 2.45) is 5.73 Å². The van der Waals surface area contributed by atoms with Crippen LogP contribution in [0.3, 0.4) is 0 Å². The van der Waals surface area contributed by atoms with E-state index in [1.807, 2.05) is 24.3 Å². The van der Waals surface area contributed by atoms with Gasteiger partial charge in [-0.1, -0.05) is 40.6 Å². The number of ether oxygens (including phenoxy) is 3. The molecular weight excluding hydrogens is 490 g/mol. The van der Waals surface area contributed by atoms with E-state index in [9.17, 15) is 14.7 Å². The van der Waals surface area contributed by atoms with Gasteiger partial charge in [0.1, 0.15) is 28.9 Å². The molecule has 2 atom stereocenters. The molecule has 0 aromatic heterocycles. The molecule has 0 radical (unpaired) electrons. The first kappa shape index (κ1) is 24.8. The van der Waals surface area contributed by atoms with Crippen LogP contribution in [0.4, 0.5) is 0 Å². The molecule has 176 valence electrons. The lowest BCUT2D eigenvalue weighted by molar-refractivity contribution is -0.149. The summed E-state index contributed by atoms with van der Waals surface area (Å²) in [5.74, 6) is -0.918. The molecule has 8 heteroatoms. The van der Waals surface area contributed by atoms with Gasteiger partial charge in [-0.05, 0) is 43.0 Å². The monoisotopic (exact) mass is 517 g/mol. The maximum absolute atomic E-state index is 13.2. The summed E-state index contributed by atoms with van der Waals surface area (Å²) in [6, 6.07) is 9.08. The van der Waals surface area contributed by atoms with Crippen molar-refractivity contribution in [2.45, 2.75) is 37.7 Å². The van der Waals surface area contributed by atoms with Crippen LogP contribution in [0.1, 0.15) is 53.1 Å². The van der Waals surface area contributed by atoms with Gasteiger partial charge in [-0.3, -0.25) is 9.59 Å². The van der Waals surface area contributed by atoms with Crippen LogP contribution in [-0.4, -0.2) is 43.7 Å². The minimum atomic E-state index is -0.507. The average Bonchev–Trinajstić information content (AvgIpc) is 2.82. The molecule has 0 aliphatic heterocycles. The number of phenolic OH excluding ortho intramolecular Hbond substituents is 1.